The number of aliphatic hydroxyl groups excluding tert-OH is 4. The lowest BCUT2D eigenvalue weighted by Crippen LogP contribution is -2.35. The highest BCUT2D eigenvalue weighted by Gasteiger charge is 2.44. The molecule has 11 nitrogen and oxygen atoms in total. The number of hydrogen-bond acceptors (Lipinski definition) is 10. The summed E-state index contributed by atoms with van der Waals surface area (Å²) in [6, 6.07) is -0.279. The van der Waals surface area contributed by atoms with E-state index in [1.807, 2.05) is 0 Å². The molecule has 1 aliphatic rings. The fourth-order valence-electron chi connectivity index (χ4n) is 3.33. The number of nitrogen functional groups attached to an aromatic ring is 1. The minimum atomic E-state index is -1.17. The third kappa shape index (κ3) is 4.18. The van der Waals surface area contributed by atoms with Gasteiger partial charge in [-0.2, -0.15) is 0 Å². The number of aromatic nitrogens is 4. The average Bonchev–Trinajstić information content (AvgIpc) is 3.19. The number of fused-ring (bicyclic) bond motifs is 1. The lowest BCUT2D eigenvalue weighted by atomic mass is 9.99. The van der Waals surface area contributed by atoms with Gasteiger partial charge in [-0.25, -0.2) is 15.0 Å². The first-order valence-corrected chi connectivity index (χ1v) is 8.91. The first-order valence-electron chi connectivity index (χ1n) is 8.91. The molecular formula is C16H26N6O5. The zero-order valence-corrected chi connectivity index (χ0v) is 14.8. The third-order valence-corrected chi connectivity index (χ3v) is 4.86. The van der Waals surface area contributed by atoms with Crippen LogP contribution in [-0.4, -0.2) is 77.0 Å². The summed E-state index contributed by atoms with van der Waals surface area (Å²) in [6.07, 6.45) is 0.207. The molecule has 27 heavy (non-hydrogen) atoms. The normalized spacial score (nSPS) is 27.9. The van der Waals surface area contributed by atoms with E-state index in [0.717, 1.165) is 0 Å². The Morgan fingerprint density at radius 3 is 2.70 bits per heavy atom. The highest BCUT2D eigenvalue weighted by molar-refractivity contribution is 5.81. The summed E-state index contributed by atoms with van der Waals surface area (Å²) in [4.78, 5) is 12.1. The maximum absolute atomic E-state index is 10.4. The second-order valence-electron chi connectivity index (χ2n) is 6.89. The Morgan fingerprint density at radius 2 is 1.96 bits per heavy atom. The molecule has 1 fully saturated rings. The molecule has 2 aromatic heterocycles. The van der Waals surface area contributed by atoms with Crippen molar-refractivity contribution in [2.24, 2.45) is 5.73 Å². The molecule has 0 bridgehead atoms. The Balaban J connectivity index is 1.64. The van der Waals surface area contributed by atoms with Crippen LogP contribution in [0.15, 0.2) is 12.7 Å². The summed E-state index contributed by atoms with van der Waals surface area (Å²) >= 11 is 0. The molecule has 0 aliphatic carbocycles. The predicted octanol–water partition coefficient (Wildman–Crippen LogP) is -1.73. The van der Waals surface area contributed by atoms with Crippen LogP contribution in [0.2, 0.25) is 0 Å². The molecule has 11 heteroatoms. The number of nitrogens with zero attached hydrogens (tertiary/aromatic N) is 4. The van der Waals surface area contributed by atoms with Crippen molar-refractivity contribution < 1.29 is 25.2 Å². The molecule has 6 atom stereocenters. The van der Waals surface area contributed by atoms with Crippen LogP contribution in [0.25, 0.3) is 11.2 Å². The second-order valence-corrected chi connectivity index (χ2v) is 6.89. The number of ether oxygens (including phenoxy) is 1. The number of rotatable bonds is 8. The van der Waals surface area contributed by atoms with E-state index >= 15 is 0 Å². The molecule has 1 aliphatic heterocycles. The van der Waals surface area contributed by atoms with Crippen molar-refractivity contribution in [2.45, 2.75) is 62.4 Å². The van der Waals surface area contributed by atoms with Crippen molar-refractivity contribution >= 4 is 17.0 Å². The number of aliphatic hydroxyl groups is 4. The fraction of sp³-hybridized carbons (Fsp3) is 0.688. The van der Waals surface area contributed by atoms with E-state index in [-0.39, 0.29) is 18.5 Å². The molecule has 0 aromatic carbocycles. The van der Waals surface area contributed by atoms with E-state index in [0.29, 0.717) is 36.8 Å². The minimum absolute atomic E-state index is 0.218. The van der Waals surface area contributed by atoms with Gasteiger partial charge in [0.1, 0.15) is 24.1 Å². The maximum Gasteiger partial charge on any atom is 0.167 e. The van der Waals surface area contributed by atoms with Crippen LogP contribution in [0.1, 0.15) is 31.9 Å². The highest BCUT2D eigenvalue weighted by Crippen LogP contribution is 2.33. The number of imidazole rings is 1. The van der Waals surface area contributed by atoms with Gasteiger partial charge in [-0.05, 0) is 25.7 Å². The average molecular weight is 382 g/mol. The van der Waals surface area contributed by atoms with Crippen LogP contribution in [0.3, 0.4) is 0 Å². The summed E-state index contributed by atoms with van der Waals surface area (Å²) in [5.41, 5.74) is 12.7. The van der Waals surface area contributed by atoms with Gasteiger partial charge in [0.15, 0.2) is 17.7 Å². The Labute approximate surface area is 155 Å². The van der Waals surface area contributed by atoms with E-state index in [1.54, 1.807) is 0 Å². The molecule has 8 N–H and O–H groups in total. The molecule has 150 valence electrons. The van der Waals surface area contributed by atoms with Crippen molar-refractivity contribution in [3.63, 3.8) is 0 Å². The van der Waals surface area contributed by atoms with Gasteiger partial charge in [0.2, 0.25) is 0 Å². The van der Waals surface area contributed by atoms with Gasteiger partial charge in [-0.15, -0.1) is 0 Å². The minimum Gasteiger partial charge on any atom is -0.394 e. The van der Waals surface area contributed by atoms with Crippen molar-refractivity contribution in [2.75, 3.05) is 12.3 Å². The van der Waals surface area contributed by atoms with E-state index in [9.17, 15) is 15.3 Å². The number of anilines is 1. The SMILES string of the molecule is Nc1ncnc2c1ncn2[C@@H]1O[C@H](CC(N)CCCC(O)CO)[C@@H](O)[C@H]1O. The van der Waals surface area contributed by atoms with Gasteiger partial charge < -0.3 is 36.6 Å². The van der Waals surface area contributed by atoms with Gasteiger partial charge in [0.05, 0.1) is 25.1 Å². The Kier molecular flexibility index (Phi) is 6.19. The third-order valence-electron chi connectivity index (χ3n) is 4.86. The first kappa shape index (κ1) is 19.9. The highest BCUT2D eigenvalue weighted by atomic mass is 16.6. The predicted molar refractivity (Wildman–Crippen MR) is 95.2 cm³/mol. The summed E-state index contributed by atoms with van der Waals surface area (Å²) in [5.74, 6) is 0.218. The van der Waals surface area contributed by atoms with Crippen LogP contribution in [0.5, 0.6) is 0 Å². The van der Waals surface area contributed by atoms with E-state index < -0.39 is 30.6 Å². The first-order chi connectivity index (χ1) is 12.9. The Hall–Kier alpha value is -1.89. The quantitative estimate of drug-likeness (QED) is 0.306. The number of hydrogen-bond donors (Lipinski definition) is 6. The molecule has 3 heterocycles. The van der Waals surface area contributed by atoms with Crippen molar-refractivity contribution in [3.8, 4) is 0 Å². The molecule has 0 radical (unpaired) electrons. The lowest BCUT2D eigenvalue weighted by Gasteiger charge is -2.19. The van der Waals surface area contributed by atoms with Crippen molar-refractivity contribution in [1.29, 1.82) is 0 Å². The van der Waals surface area contributed by atoms with Gasteiger partial charge in [0, 0.05) is 6.04 Å². The summed E-state index contributed by atoms with van der Waals surface area (Å²) < 4.78 is 7.37. The molecule has 0 spiro atoms. The smallest absolute Gasteiger partial charge is 0.167 e. The van der Waals surface area contributed by atoms with E-state index in [2.05, 4.69) is 15.0 Å². The zero-order valence-electron chi connectivity index (χ0n) is 14.8. The van der Waals surface area contributed by atoms with E-state index in [4.69, 9.17) is 21.3 Å². The lowest BCUT2D eigenvalue weighted by molar-refractivity contribution is -0.0388. The number of nitrogens with two attached hydrogens (primary N) is 2. The van der Waals surface area contributed by atoms with E-state index in [1.165, 1.54) is 17.2 Å². The monoisotopic (exact) mass is 382 g/mol. The molecule has 1 saturated heterocycles. The molecule has 0 saturated carbocycles. The van der Waals surface area contributed by atoms with Gasteiger partial charge in [-0.3, -0.25) is 4.57 Å². The topological polar surface area (TPSA) is 186 Å². The van der Waals surface area contributed by atoms with Crippen molar-refractivity contribution in [3.05, 3.63) is 12.7 Å². The largest absolute Gasteiger partial charge is 0.394 e. The van der Waals surface area contributed by atoms with Gasteiger partial charge in [-0.1, -0.05) is 0 Å². The molecule has 2 aromatic rings. The maximum atomic E-state index is 10.4. The standard InChI is InChI=1S/C16H26N6O5/c17-8(2-1-3-9(24)5-23)4-10-12(25)13(26)16(27-10)22-7-21-11-14(18)19-6-20-15(11)22/h6-10,12-13,16,23-26H,1-5,17H2,(H2,18,19,20)/t8?,9?,10-,12-,13-,16-/m1/s1. The van der Waals surface area contributed by atoms with Gasteiger partial charge in [0.25, 0.3) is 0 Å². The molecule has 0 amide bonds. The summed E-state index contributed by atoms with van der Waals surface area (Å²) in [7, 11) is 0. The zero-order chi connectivity index (χ0) is 19.6. The second kappa shape index (κ2) is 8.42. The fourth-order valence-corrected chi connectivity index (χ4v) is 3.33. The van der Waals surface area contributed by atoms with Crippen molar-refractivity contribution in [1.82, 2.24) is 19.5 Å². The molecular weight excluding hydrogens is 356 g/mol. The Bertz CT molecular complexity index is 758. The van der Waals surface area contributed by atoms with Gasteiger partial charge >= 0.3 is 0 Å². The van der Waals surface area contributed by atoms with Crippen LogP contribution in [-0.2, 0) is 4.74 Å². The Morgan fingerprint density at radius 1 is 1.19 bits per heavy atom. The molecule has 3 rings (SSSR count). The van der Waals surface area contributed by atoms with Crippen LogP contribution in [0, 0.1) is 0 Å². The van der Waals surface area contributed by atoms with Crippen LogP contribution in [0.4, 0.5) is 5.82 Å². The molecule has 2 unspecified atom stereocenters. The van der Waals surface area contributed by atoms with Crippen LogP contribution >= 0.6 is 0 Å². The summed E-state index contributed by atoms with van der Waals surface area (Å²) in [5, 5.41) is 39.0. The summed E-state index contributed by atoms with van der Waals surface area (Å²) in [6.45, 7) is -0.277. The van der Waals surface area contributed by atoms with Crippen LogP contribution < -0.4 is 11.5 Å².